The number of thioether (sulfide) groups is 1. The Kier molecular flexibility index (Phi) is 6.67. The molecular weight excluding hydrogens is 358 g/mol. The second-order valence-corrected chi connectivity index (χ2v) is 7.82. The van der Waals surface area contributed by atoms with Crippen molar-refractivity contribution in [2.75, 3.05) is 26.5 Å². The van der Waals surface area contributed by atoms with Gasteiger partial charge in [-0.1, -0.05) is 35.9 Å². The van der Waals surface area contributed by atoms with Crippen molar-refractivity contribution in [3.8, 4) is 11.5 Å². The Morgan fingerprint density at radius 1 is 1.11 bits per heavy atom. The molecule has 3 rings (SSSR count). The largest absolute Gasteiger partial charge is 0.493 e. The van der Waals surface area contributed by atoms with Crippen molar-refractivity contribution in [3.63, 3.8) is 0 Å². The van der Waals surface area contributed by atoms with Crippen molar-refractivity contribution in [2.24, 2.45) is 0 Å². The summed E-state index contributed by atoms with van der Waals surface area (Å²) in [5, 5.41) is 0. The van der Waals surface area contributed by atoms with Gasteiger partial charge in [0.25, 0.3) is 0 Å². The molecule has 1 heterocycles. The lowest BCUT2D eigenvalue weighted by Crippen LogP contribution is -2.32. The number of ether oxygens (including phenoxy) is 2. The van der Waals surface area contributed by atoms with E-state index in [1.165, 1.54) is 11.1 Å². The molecule has 2 aromatic rings. The second-order valence-electron chi connectivity index (χ2n) is 6.84. The molecule has 1 aliphatic heterocycles. The van der Waals surface area contributed by atoms with Crippen LogP contribution in [0.15, 0.2) is 42.5 Å². The Bertz CT molecular complexity index is 776. The van der Waals surface area contributed by atoms with Gasteiger partial charge in [0.05, 0.1) is 26.0 Å². The van der Waals surface area contributed by atoms with Crippen LogP contribution in [0.5, 0.6) is 11.5 Å². The summed E-state index contributed by atoms with van der Waals surface area (Å²) in [5.74, 6) is 3.01. The predicted octanol–water partition coefficient (Wildman–Crippen LogP) is 4.61. The number of rotatable bonds is 7. The third-order valence-corrected chi connectivity index (χ3v) is 5.97. The molecule has 1 atom stereocenters. The topological polar surface area (TPSA) is 38.8 Å². The molecule has 0 aliphatic carbocycles. The molecule has 144 valence electrons. The summed E-state index contributed by atoms with van der Waals surface area (Å²) < 4.78 is 10.7. The van der Waals surface area contributed by atoms with Crippen LogP contribution in [-0.4, -0.2) is 37.3 Å². The van der Waals surface area contributed by atoms with Crippen molar-refractivity contribution in [2.45, 2.75) is 31.6 Å². The number of nitrogens with zero attached hydrogens (tertiary/aromatic N) is 1. The molecule has 1 amide bonds. The van der Waals surface area contributed by atoms with E-state index in [4.69, 9.17) is 9.47 Å². The average molecular weight is 386 g/mol. The minimum absolute atomic E-state index is 0.122. The number of likely N-dealkylation sites (tertiary alicyclic amines) is 1. The summed E-state index contributed by atoms with van der Waals surface area (Å²) >= 11 is 1.68. The maximum absolute atomic E-state index is 12.8. The van der Waals surface area contributed by atoms with Gasteiger partial charge in [-0.2, -0.15) is 0 Å². The van der Waals surface area contributed by atoms with Crippen molar-refractivity contribution in [1.82, 2.24) is 4.90 Å². The fraction of sp³-hybridized carbons (Fsp3) is 0.409. The van der Waals surface area contributed by atoms with Crippen molar-refractivity contribution in [1.29, 1.82) is 0 Å². The third kappa shape index (κ3) is 4.78. The molecule has 0 saturated carbocycles. The smallest absolute Gasteiger partial charge is 0.233 e. The quantitative estimate of drug-likeness (QED) is 0.698. The Morgan fingerprint density at radius 3 is 2.56 bits per heavy atom. The van der Waals surface area contributed by atoms with E-state index >= 15 is 0 Å². The monoisotopic (exact) mass is 385 g/mol. The molecule has 0 radical (unpaired) electrons. The van der Waals surface area contributed by atoms with Crippen LogP contribution in [0.3, 0.4) is 0 Å². The second kappa shape index (κ2) is 9.18. The molecule has 0 bridgehead atoms. The van der Waals surface area contributed by atoms with Gasteiger partial charge in [-0.25, -0.2) is 0 Å². The molecule has 2 aromatic carbocycles. The number of hydrogen-bond acceptors (Lipinski definition) is 4. The van der Waals surface area contributed by atoms with E-state index in [9.17, 15) is 4.79 Å². The van der Waals surface area contributed by atoms with Crippen molar-refractivity contribution >= 4 is 17.7 Å². The Hall–Kier alpha value is -2.14. The zero-order chi connectivity index (χ0) is 19.2. The van der Waals surface area contributed by atoms with Crippen LogP contribution in [-0.2, 0) is 10.5 Å². The van der Waals surface area contributed by atoms with Gasteiger partial charge in [-0.3, -0.25) is 4.79 Å². The first-order chi connectivity index (χ1) is 13.1. The maximum atomic E-state index is 12.8. The molecule has 0 N–H and O–H groups in total. The lowest BCUT2D eigenvalue weighted by molar-refractivity contribution is -0.129. The highest BCUT2D eigenvalue weighted by Crippen LogP contribution is 2.37. The molecule has 1 fully saturated rings. The van der Waals surface area contributed by atoms with Gasteiger partial charge in [0, 0.05) is 12.3 Å². The van der Waals surface area contributed by atoms with E-state index in [-0.39, 0.29) is 11.9 Å². The van der Waals surface area contributed by atoms with Crippen LogP contribution < -0.4 is 9.47 Å². The Morgan fingerprint density at radius 2 is 1.85 bits per heavy atom. The number of aryl methyl sites for hydroxylation is 1. The zero-order valence-electron chi connectivity index (χ0n) is 16.2. The molecule has 27 heavy (non-hydrogen) atoms. The lowest BCUT2D eigenvalue weighted by atomic mass is 10.0. The standard InChI is InChI=1S/C22H27NO3S/c1-16-6-8-17(9-7-16)14-27-15-22(24)23-12-4-5-19(23)18-10-11-20(25-2)21(13-18)26-3/h6-11,13,19H,4-5,12,14-15H2,1-3H3. The molecule has 1 aliphatic rings. The number of carbonyl (C=O) groups is 1. The summed E-state index contributed by atoms with van der Waals surface area (Å²) in [5.41, 5.74) is 3.63. The number of benzene rings is 2. The van der Waals surface area contributed by atoms with Crippen LogP contribution in [0, 0.1) is 6.92 Å². The summed E-state index contributed by atoms with van der Waals surface area (Å²) in [6, 6.07) is 14.6. The average Bonchev–Trinajstić information content (AvgIpc) is 3.19. The van der Waals surface area contributed by atoms with Gasteiger partial charge in [0.1, 0.15) is 0 Å². The maximum Gasteiger partial charge on any atom is 0.233 e. The van der Waals surface area contributed by atoms with E-state index in [0.717, 1.165) is 30.7 Å². The highest BCUT2D eigenvalue weighted by Gasteiger charge is 2.30. The van der Waals surface area contributed by atoms with Gasteiger partial charge in [-0.15, -0.1) is 11.8 Å². The van der Waals surface area contributed by atoms with Crippen LogP contribution >= 0.6 is 11.8 Å². The fourth-order valence-corrected chi connectivity index (χ4v) is 4.37. The number of hydrogen-bond donors (Lipinski definition) is 0. The highest BCUT2D eigenvalue weighted by molar-refractivity contribution is 7.99. The van der Waals surface area contributed by atoms with E-state index < -0.39 is 0 Å². The molecular formula is C22H27NO3S. The predicted molar refractivity (Wildman–Crippen MR) is 111 cm³/mol. The van der Waals surface area contributed by atoms with Gasteiger partial charge in [-0.05, 0) is 43.0 Å². The molecule has 1 unspecified atom stereocenters. The zero-order valence-corrected chi connectivity index (χ0v) is 17.1. The molecule has 4 nitrogen and oxygen atoms in total. The fourth-order valence-electron chi connectivity index (χ4n) is 3.50. The molecule has 5 heteroatoms. The summed E-state index contributed by atoms with van der Waals surface area (Å²) in [6.07, 6.45) is 2.03. The van der Waals surface area contributed by atoms with E-state index in [2.05, 4.69) is 31.2 Å². The molecule has 1 saturated heterocycles. The van der Waals surface area contributed by atoms with Crippen molar-refractivity contribution in [3.05, 3.63) is 59.2 Å². The molecule has 0 spiro atoms. The third-order valence-electron chi connectivity index (χ3n) is 4.98. The highest BCUT2D eigenvalue weighted by atomic mass is 32.2. The van der Waals surface area contributed by atoms with Crippen LogP contribution in [0.4, 0.5) is 0 Å². The normalized spacial score (nSPS) is 16.4. The molecule has 0 aromatic heterocycles. The van der Waals surface area contributed by atoms with E-state index in [0.29, 0.717) is 17.3 Å². The van der Waals surface area contributed by atoms with Crippen LogP contribution in [0.25, 0.3) is 0 Å². The first-order valence-corrected chi connectivity index (χ1v) is 10.4. The van der Waals surface area contributed by atoms with E-state index in [1.54, 1.807) is 26.0 Å². The number of carbonyl (C=O) groups excluding carboxylic acids is 1. The van der Waals surface area contributed by atoms with Crippen LogP contribution in [0.2, 0.25) is 0 Å². The number of methoxy groups -OCH3 is 2. The van der Waals surface area contributed by atoms with Crippen molar-refractivity contribution < 1.29 is 14.3 Å². The Balaban J connectivity index is 1.61. The van der Waals surface area contributed by atoms with E-state index in [1.807, 2.05) is 23.1 Å². The minimum atomic E-state index is 0.122. The SMILES string of the molecule is COc1ccc(C2CCCN2C(=O)CSCc2ccc(C)cc2)cc1OC. The first-order valence-electron chi connectivity index (χ1n) is 9.27. The Labute approximate surface area is 165 Å². The van der Waals surface area contributed by atoms with Crippen LogP contribution in [0.1, 0.15) is 35.6 Å². The minimum Gasteiger partial charge on any atom is -0.493 e. The summed E-state index contributed by atoms with van der Waals surface area (Å²) in [4.78, 5) is 14.8. The van der Waals surface area contributed by atoms with Gasteiger partial charge in [0.2, 0.25) is 5.91 Å². The summed E-state index contributed by atoms with van der Waals surface area (Å²) in [6.45, 7) is 2.91. The van der Waals surface area contributed by atoms with Gasteiger partial charge >= 0.3 is 0 Å². The lowest BCUT2D eigenvalue weighted by Gasteiger charge is -2.25. The summed E-state index contributed by atoms with van der Waals surface area (Å²) in [7, 11) is 3.27. The van der Waals surface area contributed by atoms with Gasteiger partial charge in [0.15, 0.2) is 11.5 Å². The first kappa shape index (κ1) is 19.6. The number of amides is 1. The van der Waals surface area contributed by atoms with Gasteiger partial charge < -0.3 is 14.4 Å².